The lowest BCUT2D eigenvalue weighted by molar-refractivity contribution is -0.136. The largest absolute Gasteiger partial charge is 0.339 e. The smallest absolute Gasteiger partial charge is 0.228 e. The quantitative estimate of drug-likeness (QED) is 0.850. The SMILES string of the molecule is O=C1C[C@@H](C(=O)N2CCC[C@@H]2c2nc3ccccc3s2)CN1C1CC1. The van der Waals surface area contributed by atoms with Gasteiger partial charge in [-0.05, 0) is 37.8 Å². The fraction of sp³-hybridized carbons (Fsp3) is 0.526. The van der Waals surface area contributed by atoms with Gasteiger partial charge in [0, 0.05) is 25.6 Å². The highest BCUT2D eigenvalue weighted by molar-refractivity contribution is 7.18. The van der Waals surface area contributed by atoms with Gasteiger partial charge in [0.15, 0.2) is 0 Å². The van der Waals surface area contributed by atoms with E-state index in [-0.39, 0.29) is 23.8 Å². The molecular formula is C19H21N3O2S. The molecule has 3 aliphatic rings. The van der Waals surface area contributed by atoms with Gasteiger partial charge in [-0.3, -0.25) is 9.59 Å². The molecule has 25 heavy (non-hydrogen) atoms. The van der Waals surface area contributed by atoms with Crippen molar-refractivity contribution in [3.63, 3.8) is 0 Å². The molecule has 0 radical (unpaired) electrons. The van der Waals surface area contributed by atoms with Crippen LogP contribution < -0.4 is 0 Å². The maximum absolute atomic E-state index is 13.1. The van der Waals surface area contributed by atoms with Crippen LogP contribution in [0, 0.1) is 5.92 Å². The summed E-state index contributed by atoms with van der Waals surface area (Å²) in [4.78, 5) is 34.0. The van der Waals surface area contributed by atoms with Crippen molar-refractivity contribution >= 4 is 33.4 Å². The van der Waals surface area contributed by atoms with Gasteiger partial charge >= 0.3 is 0 Å². The Morgan fingerprint density at radius 2 is 2.04 bits per heavy atom. The van der Waals surface area contributed by atoms with Crippen molar-refractivity contribution in [3.05, 3.63) is 29.3 Å². The Balaban J connectivity index is 1.37. The number of fused-ring (bicyclic) bond motifs is 1. The lowest BCUT2D eigenvalue weighted by Gasteiger charge is -2.26. The number of benzene rings is 1. The van der Waals surface area contributed by atoms with Crippen molar-refractivity contribution in [2.75, 3.05) is 13.1 Å². The molecule has 2 amide bonds. The molecule has 1 aliphatic carbocycles. The molecule has 6 heteroatoms. The summed E-state index contributed by atoms with van der Waals surface area (Å²) in [7, 11) is 0. The second-order valence-electron chi connectivity index (χ2n) is 7.39. The van der Waals surface area contributed by atoms with Crippen LogP contribution in [0.15, 0.2) is 24.3 Å². The van der Waals surface area contributed by atoms with Crippen molar-refractivity contribution in [2.45, 2.75) is 44.2 Å². The average molecular weight is 355 g/mol. The minimum atomic E-state index is -0.164. The highest BCUT2D eigenvalue weighted by atomic mass is 32.1. The molecule has 2 aliphatic heterocycles. The van der Waals surface area contributed by atoms with E-state index < -0.39 is 0 Å². The van der Waals surface area contributed by atoms with E-state index in [9.17, 15) is 9.59 Å². The molecule has 5 rings (SSSR count). The fourth-order valence-corrected chi connectivity index (χ4v) is 5.31. The third kappa shape index (κ3) is 2.63. The number of amides is 2. The van der Waals surface area contributed by atoms with Gasteiger partial charge in [-0.25, -0.2) is 4.98 Å². The Morgan fingerprint density at radius 1 is 1.20 bits per heavy atom. The van der Waals surface area contributed by atoms with Gasteiger partial charge in [-0.1, -0.05) is 12.1 Å². The van der Waals surface area contributed by atoms with Crippen LogP contribution in [-0.2, 0) is 9.59 Å². The molecule has 0 bridgehead atoms. The number of thiazole rings is 1. The predicted octanol–water partition coefficient (Wildman–Crippen LogP) is 2.97. The van der Waals surface area contributed by atoms with Gasteiger partial charge in [-0.2, -0.15) is 0 Å². The van der Waals surface area contributed by atoms with Crippen LogP contribution >= 0.6 is 11.3 Å². The zero-order valence-corrected chi connectivity index (χ0v) is 14.9. The normalized spacial score (nSPS) is 26.8. The van der Waals surface area contributed by atoms with Gasteiger partial charge in [0.2, 0.25) is 11.8 Å². The monoisotopic (exact) mass is 355 g/mol. The number of nitrogens with zero attached hydrogens (tertiary/aromatic N) is 3. The van der Waals surface area contributed by atoms with E-state index >= 15 is 0 Å². The molecule has 0 N–H and O–H groups in total. The van der Waals surface area contributed by atoms with Gasteiger partial charge < -0.3 is 9.80 Å². The Morgan fingerprint density at radius 3 is 2.84 bits per heavy atom. The summed E-state index contributed by atoms with van der Waals surface area (Å²) in [6.45, 7) is 1.40. The van der Waals surface area contributed by atoms with Crippen LogP contribution in [0.3, 0.4) is 0 Å². The molecule has 1 aromatic heterocycles. The highest BCUT2D eigenvalue weighted by Gasteiger charge is 2.44. The standard InChI is InChI=1S/C19H21N3O2S/c23-17-10-12(11-22(17)13-7-8-13)19(24)21-9-3-5-15(21)18-20-14-4-1-2-6-16(14)25-18/h1-2,4,6,12-13,15H,3,5,7-11H2/t12-,15-/m1/s1. The first-order valence-electron chi connectivity index (χ1n) is 9.16. The van der Waals surface area contributed by atoms with Gasteiger partial charge in [0.1, 0.15) is 5.01 Å². The van der Waals surface area contributed by atoms with E-state index in [1.807, 2.05) is 28.0 Å². The number of rotatable bonds is 3. The number of hydrogen-bond donors (Lipinski definition) is 0. The van der Waals surface area contributed by atoms with Crippen LogP contribution in [0.25, 0.3) is 10.2 Å². The molecule has 2 atom stereocenters. The molecule has 1 saturated carbocycles. The lowest BCUT2D eigenvalue weighted by Crippen LogP contribution is -2.37. The summed E-state index contributed by atoms with van der Waals surface area (Å²) < 4.78 is 1.17. The van der Waals surface area contributed by atoms with Crippen molar-refractivity contribution < 1.29 is 9.59 Å². The predicted molar refractivity (Wildman–Crippen MR) is 96.2 cm³/mol. The molecule has 1 aromatic carbocycles. The van der Waals surface area contributed by atoms with E-state index in [4.69, 9.17) is 4.98 Å². The minimum absolute atomic E-state index is 0.0787. The van der Waals surface area contributed by atoms with Gasteiger partial charge in [0.05, 0.1) is 22.2 Å². The summed E-state index contributed by atoms with van der Waals surface area (Å²) in [6.07, 6.45) is 4.58. The summed E-state index contributed by atoms with van der Waals surface area (Å²) in [5.41, 5.74) is 1.01. The number of para-hydroxylation sites is 1. The second-order valence-corrected chi connectivity index (χ2v) is 8.45. The summed E-state index contributed by atoms with van der Waals surface area (Å²) in [5.74, 6) is 0.151. The van der Waals surface area contributed by atoms with Crippen molar-refractivity contribution in [1.82, 2.24) is 14.8 Å². The average Bonchev–Trinajstić information content (AvgIpc) is 3.05. The topological polar surface area (TPSA) is 53.5 Å². The minimum Gasteiger partial charge on any atom is -0.339 e. The molecule has 130 valence electrons. The van der Waals surface area contributed by atoms with E-state index in [1.54, 1.807) is 11.3 Å². The maximum atomic E-state index is 13.1. The molecule has 0 unspecified atom stereocenters. The van der Waals surface area contributed by atoms with Crippen LogP contribution in [0.5, 0.6) is 0 Å². The Labute approximate surface area is 150 Å². The van der Waals surface area contributed by atoms with Crippen molar-refractivity contribution in [1.29, 1.82) is 0 Å². The fourth-order valence-electron chi connectivity index (χ4n) is 4.19. The van der Waals surface area contributed by atoms with Crippen molar-refractivity contribution in [3.8, 4) is 0 Å². The number of aromatic nitrogens is 1. The second kappa shape index (κ2) is 5.80. The first-order chi connectivity index (χ1) is 12.2. The van der Waals surface area contributed by atoms with Crippen LogP contribution in [-0.4, -0.2) is 45.7 Å². The molecule has 2 saturated heterocycles. The zero-order chi connectivity index (χ0) is 17.0. The first kappa shape index (κ1) is 15.3. The number of carbonyl (C=O) groups is 2. The van der Waals surface area contributed by atoms with E-state index in [0.29, 0.717) is 19.0 Å². The maximum Gasteiger partial charge on any atom is 0.228 e. The molecule has 3 heterocycles. The number of likely N-dealkylation sites (tertiary alicyclic amines) is 2. The lowest BCUT2D eigenvalue weighted by atomic mass is 10.1. The van der Waals surface area contributed by atoms with Gasteiger partial charge in [0.25, 0.3) is 0 Å². The molecule has 3 fully saturated rings. The Hall–Kier alpha value is -1.95. The van der Waals surface area contributed by atoms with Crippen molar-refractivity contribution in [2.24, 2.45) is 5.92 Å². The summed E-state index contributed by atoms with van der Waals surface area (Å²) in [6, 6.07) is 8.62. The third-order valence-electron chi connectivity index (χ3n) is 5.63. The third-order valence-corrected chi connectivity index (χ3v) is 6.76. The molecule has 5 nitrogen and oxygen atoms in total. The summed E-state index contributed by atoms with van der Waals surface area (Å²) in [5, 5.41) is 1.04. The van der Waals surface area contributed by atoms with Crippen LogP contribution in [0.1, 0.15) is 43.2 Å². The highest BCUT2D eigenvalue weighted by Crippen LogP contribution is 2.39. The van der Waals surface area contributed by atoms with E-state index in [2.05, 4.69) is 6.07 Å². The number of hydrogen-bond acceptors (Lipinski definition) is 4. The van der Waals surface area contributed by atoms with E-state index in [1.165, 1.54) is 4.70 Å². The Kier molecular flexibility index (Phi) is 3.55. The van der Waals surface area contributed by atoms with Gasteiger partial charge in [-0.15, -0.1) is 11.3 Å². The van der Waals surface area contributed by atoms with Crippen LogP contribution in [0.2, 0.25) is 0 Å². The molecular weight excluding hydrogens is 334 g/mol. The zero-order valence-electron chi connectivity index (χ0n) is 14.1. The van der Waals surface area contributed by atoms with E-state index in [0.717, 1.165) is 42.8 Å². The van der Waals surface area contributed by atoms with Crippen LogP contribution in [0.4, 0.5) is 0 Å². The number of carbonyl (C=O) groups excluding carboxylic acids is 2. The first-order valence-corrected chi connectivity index (χ1v) is 9.98. The Bertz CT molecular complexity index is 811. The molecule has 2 aromatic rings. The summed E-state index contributed by atoms with van der Waals surface area (Å²) >= 11 is 1.69. The molecule has 0 spiro atoms.